The number of aryl methyl sites for hydroxylation is 1. The first-order chi connectivity index (χ1) is 14.0. The van der Waals surface area contributed by atoms with Crippen molar-refractivity contribution in [2.24, 2.45) is 0 Å². The summed E-state index contributed by atoms with van der Waals surface area (Å²) in [4.78, 5) is 27.7. The molecule has 152 valence electrons. The van der Waals surface area contributed by atoms with E-state index >= 15 is 0 Å². The Morgan fingerprint density at radius 1 is 0.966 bits per heavy atom. The summed E-state index contributed by atoms with van der Waals surface area (Å²) >= 11 is 0. The SMILES string of the molecule is COCCCN1C(=O)C(Nc2cccc(C)c2C)=C(c2ccccc2OC)C1=O. The summed E-state index contributed by atoms with van der Waals surface area (Å²) in [6.07, 6.45) is 0.573. The van der Waals surface area contributed by atoms with Gasteiger partial charge >= 0.3 is 0 Å². The second-order valence-electron chi connectivity index (χ2n) is 6.93. The number of nitrogens with zero attached hydrogens (tertiary/aromatic N) is 1. The molecule has 0 unspecified atom stereocenters. The van der Waals surface area contributed by atoms with Crippen LogP contribution in [0, 0.1) is 13.8 Å². The molecular formula is C23H26N2O4. The molecule has 0 spiro atoms. The maximum Gasteiger partial charge on any atom is 0.278 e. The highest BCUT2D eigenvalue weighted by Crippen LogP contribution is 2.35. The van der Waals surface area contributed by atoms with Crippen molar-refractivity contribution in [1.29, 1.82) is 0 Å². The number of carbonyl (C=O) groups excluding carboxylic acids is 2. The second-order valence-corrected chi connectivity index (χ2v) is 6.93. The van der Waals surface area contributed by atoms with Crippen LogP contribution < -0.4 is 10.1 Å². The summed E-state index contributed by atoms with van der Waals surface area (Å²) in [5, 5.41) is 3.23. The minimum Gasteiger partial charge on any atom is -0.496 e. The third-order valence-corrected chi connectivity index (χ3v) is 5.14. The number of imide groups is 1. The molecule has 6 nitrogen and oxygen atoms in total. The van der Waals surface area contributed by atoms with Gasteiger partial charge in [0, 0.05) is 31.5 Å². The molecule has 0 aromatic heterocycles. The third-order valence-electron chi connectivity index (χ3n) is 5.14. The Bertz CT molecular complexity index is 965. The molecule has 0 aliphatic carbocycles. The predicted molar refractivity (Wildman–Crippen MR) is 113 cm³/mol. The highest BCUT2D eigenvalue weighted by Gasteiger charge is 2.40. The highest BCUT2D eigenvalue weighted by atomic mass is 16.5. The van der Waals surface area contributed by atoms with Gasteiger partial charge in [0.05, 0.1) is 12.7 Å². The molecule has 29 heavy (non-hydrogen) atoms. The Labute approximate surface area is 171 Å². The summed E-state index contributed by atoms with van der Waals surface area (Å²) in [6.45, 7) is 4.76. The quantitative estimate of drug-likeness (QED) is 0.548. The number of rotatable bonds is 8. The Morgan fingerprint density at radius 2 is 1.72 bits per heavy atom. The monoisotopic (exact) mass is 394 g/mol. The van der Waals surface area contributed by atoms with Crippen molar-refractivity contribution in [3.63, 3.8) is 0 Å². The smallest absolute Gasteiger partial charge is 0.278 e. The summed E-state index contributed by atoms with van der Waals surface area (Å²) in [5.41, 5.74) is 4.11. The van der Waals surface area contributed by atoms with E-state index in [1.807, 2.05) is 44.2 Å². The third kappa shape index (κ3) is 4.03. The Hall–Kier alpha value is -3.12. The number of methoxy groups -OCH3 is 2. The van der Waals surface area contributed by atoms with Gasteiger partial charge in [-0.2, -0.15) is 0 Å². The van der Waals surface area contributed by atoms with Crippen molar-refractivity contribution in [3.05, 3.63) is 64.9 Å². The van der Waals surface area contributed by atoms with Crippen LogP contribution in [0.15, 0.2) is 48.2 Å². The van der Waals surface area contributed by atoms with E-state index in [1.54, 1.807) is 26.4 Å². The highest BCUT2D eigenvalue weighted by molar-refractivity contribution is 6.37. The van der Waals surface area contributed by atoms with Crippen LogP contribution >= 0.6 is 0 Å². The molecule has 1 heterocycles. The topological polar surface area (TPSA) is 67.9 Å². The number of benzene rings is 2. The van der Waals surface area contributed by atoms with E-state index in [-0.39, 0.29) is 17.5 Å². The van der Waals surface area contributed by atoms with E-state index in [4.69, 9.17) is 9.47 Å². The maximum absolute atomic E-state index is 13.2. The van der Waals surface area contributed by atoms with E-state index in [9.17, 15) is 9.59 Å². The Balaban J connectivity index is 2.08. The number of para-hydroxylation sites is 1. The van der Waals surface area contributed by atoms with Gasteiger partial charge in [-0.25, -0.2) is 0 Å². The molecule has 0 radical (unpaired) electrons. The number of carbonyl (C=O) groups is 2. The molecule has 6 heteroatoms. The van der Waals surface area contributed by atoms with E-state index < -0.39 is 0 Å². The minimum atomic E-state index is -0.340. The van der Waals surface area contributed by atoms with Crippen molar-refractivity contribution < 1.29 is 19.1 Å². The van der Waals surface area contributed by atoms with Crippen LogP contribution in [-0.2, 0) is 14.3 Å². The lowest BCUT2D eigenvalue weighted by Crippen LogP contribution is -2.34. The zero-order chi connectivity index (χ0) is 21.0. The second kappa shape index (κ2) is 8.92. The fourth-order valence-electron chi connectivity index (χ4n) is 3.38. The van der Waals surface area contributed by atoms with Gasteiger partial charge in [-0.05, 0) is 43.5 Å². The number of hydrogen-bond acceptors (Lipinski definition) is 5. The lowest BCUT2D eigenvalue weighted by Gasteiger charge is -2.15. The number of hydrogen-bond donors (Lipinski definition) is 1. The van der Waals surface area contributed by atoms with E-state index in [2.05, 4.69) is 5.32 Å². The van der Waals surface area contributed by atoms with Gasteiger partial charge in [0.2, 0.25) is 0 Å². The van der Waals surface area contributed by atoms with Gasteiger partial charge < -0.3 is 14.8 Å². The van der Waals surface area contributed by atoms with Gasteiger partial charge in [0.25, 0.3) is 11.8 Å². The number of amides is 2. The zero-order valence-corrected chi connectivity index (χ0v) is 17.2. The molecule has 0 bridgehead atoms. The van der Waals surface area contributed by atoms with Crippen molar-refractivity contribution in [3.8, 4) is 5.75 Å². The summed E-state index contributed by atoms with van der Waals surface area (Å²) < 4.78 is 10.5. The normalized spacial score (nSPS) is 14.0. The van der Waals surface area contributed by atoms with Gasteiger partial charge in [-0.1, -0.05) is 30.3 Å². The van der Waals surface area contributed by atoms with Crippen LogP contribution in [0.4, 0.5) is 5.69 Å². The van der Waals surface area contributed by atoms with Crippen molar-refractivity contribution in [2.75, 3.05) is 32.7 Å². The molecule has 2 aromatic rings. The Kier molecular flexibility index (Phi) is 6.34. The van der Waals surface area contributed by atoms with Gasteiger partial charge in [0.1, 0.15) is 11.4 Å². The summed E-state index contributed by atoms with van der Waals surface area (Å²) in [6, 6.07) is 13.1. The average Bonchev–Trinajstić information content (AvgIpc) is 2.95. The zero-order valence-electron chi connectivity index (χ0n) is 17.2. The molecule has 0 fully saturated rings. The average molecular weight is 394 g/mol. The molecule has 3 rings (SSSR count). The standard InChI is InChI=1S/C23H26N2O4/c1-15-9-7-11-18(16(15)2)24-21-20(17-10-5-6-12-19(17)29-4)22(26)25(23(21)27)13-8-14-28-3/h5-7,9-12,24H,8,13-14H2,1-4H3. The van der Waals surface area contributed by atoms with Gasteiger partial charge in [-0.3, -0.25) is 14.5 Å². The lowest BCUT2D eigenvalue weighted by atomic mass is 10.0. The lowest BCUT2D eigenvalue weighted by molar-refractivity contribution is -0.137. The molecule has 1 N–H and O–H groups in total. The van der Waals surface area contributed by atoms with Crippen LogP contribution in [0.2, 0.25) is 0 Å². The molecule has 0 saturated heterocycles. The fraction of sp³-hybridized carbons (Fsp3) is 0.304. The summed E-state index contributed by atoms with van der Waals surface area (Å²) in [7, 11) is 3.15. The first kappa shape index (κ1) is 20.6. The van der Waals surface area contributed by atoms with Crippen LogP contribution in [-0.4, -0.2) is 44.1 Å². The van der Waals surface area contributed by atoms with Crippen molar-refractivity contribution in [1.82, 2.24) is 4.90 Å². The number of ether oxygens (including phenoxy) is 2. The number of anilines is 1. The van der Waals surface area contributed by atoms with Crippen LogP contribution in [0.25, 0.3) is 5.57 Å². The van der Waals surface area contributed by atoms with Gasteiger partial charge in [-0.15, -0.1) is 0 Å². The first-order valence-electron chi connectivity index (χ1n) is 9.55. The Morgan fingerprint density at radius 3 is 2.45 bits per heavy atom. The molecule has 1 aliphatic rings. The van der Waals surface area contributed by atoms with E-state index in [0.717, 1.165) is 16.8 Å². The molecular weight excluding hydrogens is 368 g/mol. The van der Waals surface area contributed by atoms with E-state index in [1.165, 1.54) is 4.90 Å². The van der Waals surface area contributed by atoms with Crippen LogP contribution in [0.1, 0.15) is 23.1 Å². The molecule has 0 atom stereocenters. The van der Waals surface area contributed by atoms with Gasteiger partial charge in [0.15, 0.2) is 0 Å². The number of nitrogens with one attached hydrogen (secondary N) is 1. The predicted octanol–water partition coefficient (Wildman–Crippen LogP) is 3.54. The molecule has 2 amide bonds. The molecule has 1 aliphatic heterocycles. The van der Waals surface area contributed by atoms with Crippen LogP contribution in [0.5, 0.6) is 5.75 Å². The minimum absolute atomic E-state index is 0.269. The molecule has 0 saturated carbocycles. The van der Waals surface area contributed by atoms with Crippen LogP contribution in [0.3, 0.4) is 0 Å². The van der Waals surface area contributed by atoms with Crippen molar-refractivity contribution in [2.45, 2.75) is 20.3 Å². The fourth-order valence-corrected chi connectivity index (χ4v) is 3.38. The molecule has 2 aromatic carbocycles. The van der Waals surface area contributed by atoms with Crippen molar-refractivity contribution >= 4 is 23.1 Å². The first-order valence-corrected chi connectivity index (χ1v) is 9.55. The summed E-state index contributed by atoms with van der Waals surface area (Å²) in [5.74, 6) is -0.126. The maximum atomic E-state index is 13.2. The van der Waals surface area contributed by atoms with E-state index in [0.29, 0.717) is 36.5 Å². The largest absolute Gasteiger partial charge is 0.496 e.